The van der Waals surface area contributed by atoms with Crippen molar-refractivity contribution in [3.63, 3.8) is 0 Å². The molecule has 1 amide bonds. The van der Waals surface area contributed by atoms with Crippen molar-refractivity contribution in [3.8, 4) is 0 Å². The summed E-state index contributed by atoms with van der Waals surface area (Å²) in [5, 5.41) is 16.5. The van der Waals surface area contributed by atoms with E-state index in [0.717, 1.165) is 32.0 Å². The van der Waals surface area contributed by atoms with E-state index in [-0.39, 0.29) is 24.3 Å². The molecule has 2 fully saturated rings. The van der Waals surface area contributed by atoms with Crippen molar-refractivity contribution < 1.29 is 23.1 Å². The molecule has 6 nitrogen and oxygen atoms in total. The Morgan fingerprint density at radius 2 is 1.78 bits per heavy atom. The highest BCUT2D eigenvalue weighted by Crippen LogP contribution is 2.31. The van der Waals surface area contributed by atoms with Crippen molar-refractivity contribution in [3.05, 3.63) is 58.9 Å². The van der Waals surface area contributed by atoms with E-state index in [0.29, 0.717) is 12.1 Å². The van der Waals surface area contributed by atoms with E-state index in [1.165, 1.54) is 55.5 Å². The van der Waals surface area contributed by atoms with Gasteiger partial charge in [-0.1, -0.05) is 12.5 Å². The van der Waals surface area contributed by atoms with Crippen LogP contribution >= 0.6 is 0 Å². The molecular formula is C27H35F3N4O2. The van der Waals surface area contributed by atoms with Crippen LogP contribution in [0.3, 0.4) is 0 Å². The van der Waals surface area contributed by atoms with Crippen LogP contribution in [0.15, 0.2) is 30.3 Å². The molecule has 2 heterocycles. The average Bonchev–Trinajstić information content (AvgIpc) is 3.34. The van der Waals surface area contributed by atoms with Crippen LogP contribution in [-0.4, -0.2) is 72.2 Å². The highest BCUT2D eigenvalue weighted by Gasteiger charge is 2.44. The number of carbonyl (C=O) groups excluding carboxylic acids is 1. The monoisotopic (exact) mass is 504 g/mol. The maximum atomic E-state index is 14.6. The number of β-amino-alcohol motifs (C(OH)–C–C–N with tert-alkyl or cyclic N) is 1. The third-order valence-corrected chi connectivity index (χ3v) is 6.95. The van der Waals surface area contributed by atoms with Gasteiger partial charge in [-0.2, -0.15) is 0 Å². The van der Waals surface area contributed by atoms with Crippen molar-refractivity contribution in [1.29, 1.82) is 0 Å². The lowest BCUT2D eigenvalue weighted by Crippen LogP contribution is -2.67. The van der Waals surface area contributed by atoms with Crippen molar-refractivity contribution in [2.24, 2.45) is 0 Å². The Morgan fingerprint density at radius 3 is 2.50 bits per heavy atom. The summed E-state index contributed by atoms with van der Waals surface area (Å²) in [5.74, 6) is -3.61. The molecule has 2 saturated heterocycles. The Balaban J connectivity index is 1.27. The Bertz CT molecular complexity index is 1070. The minimum Gasteiger partial charge on any atom is -0.385 e. The first kappa shape index (κ1) is 26.4. The molecule has 0 aromatic heterocycles. The molecule has 36 heavy (non-hydrogen) atoms. The molecular weight excluding hydrogens is 469 g/mol. The maximum Gasteiger partial charge on any atom is 0.256 e. The molecule has 0 radical (unpaired) electrons. The first-order chi connectivity index (χ1) is 17.3. The zero-order chi connectivity index (χ0) is 25.7. The molecule has 3 N–H and O–H groups in total. The number of aryl methyl sites for hydroxylation is 1. The van der Waals surface area contributed by atoms with Gasteiger partial charge in [0, 0.05) is 6.54 Å². The lowest BCUT2D eigenvalue weighted by atomic mass is 9.92. The summed E-state index contributed by atoms with van der Waals surface area (Å²) in [6.45, 7) is 6.57. The number of amides is 1. The van der Waals surface area contributed by atoms with E-state index in [2.05, 4.69) is 15.5 Å². The van der Waals surface area contributed by atoms with Crippen LogP contribution in [0.4, 0.5) is 24.5 Å². The normalized spacial score (nSPS) is 17.3. The largest absolute Gasteiger partial charge is 0.385 e. The van der Waals surface area contributed by atoms with E-state index in [1.807, 2.05) is 0 Å². The summed E-state index contributed by atoms with van der Waals surface area (Å²) in [5.41, 5.74) is -1.01. The van der Waals surface area contributed by atoms with Crippen LogP contribution in [0.2, 0.25) is 0 Å². The minimum atomic E-state index is -1.26. The molecule has 0 unspecified atom stereocenters. The van der Waals surface area contributed by atoms with E-state index < -0.39 is 34.6 Å². The van der Waals surface area contributed by atoms with Gasteiger partial charge in [-0.15, -0.1) is 0 Å². The number of hydrogen-bond donors (Lipinski definition) is 3. The van der Waals surface area contributed by atoms with Gasteiger partial charge >= 0.3 is 0 Å². The summed E-state index contributed by atoms with van der Waals surface area (Å²) >= 11 is 0. The van der Waals surface area contributed by atoms with Gasteiger partial charge in [-0.3, -0.25) is 4.79 Å². The van der Waals surface area contributed by atoms with Crippen LogP contribution in [0.5, 0.6) is 0 Å². The number of nitrogens with one attached hydrogen (secondary N) is 2. The lowest BCUT2D eigenvalue weighted by Gasteiger charge is -2.46. The molecule has 0 saturated carbocycles. The van der Waals surface area contributed by atoms with Crippen LogP contribution in [-0.2, 0) is 0 Å². The molecule has 2 aliphatic rings. The highest BCUT2D eigenvalue weighted by atomic mass is 19.2. The second kappa shape index (κ2) is 11.6. The number of likely N-dealkylation sites (tertiary alicyclic amines) is 2. The molecule has 0 atom stereocenters. The SMILES string of the molecule is Cc1ccc(Nc2c(C(=O)N3CC(O)(CNCCCCCN4CCCC4)C3)ccc(F)c2F)c(F)c1. The van der Waals surface area contributed by atoms with Gasteiger partial charge in [0.1, 0.15) is 11.4 Å². The summed E-state index contributed by atoms with van der Waals surface area (Å²) in [7, 11) is 0. The number of anilines is 2. The van der Waals surface area contributed by atoms with Crippen LogP contribution in [0, 0.1) is 24.4 Å². The summed E-state index contributed by atoms with van der Waals surface area (Å²) in [4.78, 5) is 16.9. The molecule has 2 aliphatic heterocycles. The van der Waals surface area contributed by atoms with Gasteiger partial charge in [0.25, 0.3) is 5.91 Å². The van der Waals surface area contributed by atoms with Gasteiger partial charge in [0.15, 0.2) is 11.6 Å². The van der Waals surface area contributed by atoms with Gasteiger partial charge in [-0.05, 0) is 88.6 Å². The topological polar surface area (TPSA) is 67.8 Å². The van der Waals surface area contributed by atoms with Gasteiger partial charge in [0.05, 0.1) is 30.0 Å². The molecule has 2 aromatic carbocycles. The minimum absolute atomic E-state index is 0.0658. The fourth-order valence-corrected chi connectivity index (χ4v) is 4.89. The number of nitrogens with zero attached hydrogens (tertiary/aromatic N) is 2. The molecule has 2 aromatic rings. The Morgan fingerprint density at radius 1 is 1.03 bits per heavy atom. The summed E-state index contributed by atoms with van der Waals surface area (Å²) < 4.78 is 42.9. The zero-order valence-corrected chi connectivity index (χ0v) is 20.8. The predicted molar refractivity (Wildman–Crippen MR) is 134 cm³/mol. The molecule has 0 spiro atoms. The van der Waals surface area contributed by atoms with Gasteiger partial charge in [0.2, 0.25) is 0 Å². The highest BCUT2D eigenvalue weighted by molar-refractivity contribution is 6.01. The van der Waals surface area contributed by atoms with E-state index >= 15 is 0 Å². The predicted octanol–water partition coefficient (Wildman–Crippen LogP) is 4.20. The van der Waals surface area contributed by atoms with Crippen molar-refractivity contribution in [1.82, 2.24) is 15.1 Å². The lowest BCUT2D eigenvalue weighted by molar-refractivity contribution is -0.0784. The van der Waals surface area contributed by atoms with E-state index in [4.69, 9.17) is 0 Å². The molecule has 0 bridgehead atoms. The first-order valence-corrected chi connectivity index (χ1v) is 12.7. The maximum absolute atomic E-state index is 14.6. The van der Waals surface area contributed by atoms with Gasteiger partial charge in [-0.25, -0.2) is 13.2 Å². The molecule has 196 valence electrons. The summed E-state index contributed by atoms with van der Waals surface area (Å²) in [6.07, 6.45) is 5.93. The van der Waals surface area contributed by atoms with Crippen LogP contribution in [0.1, 0.15) is 48.0 Å². The fourth-order valence-electron chi connectivity index (χ4n) is 4.89. The number of hydrogen-bond acceptors (Lipinski definition) is 5. The second-order valence-electron chi connectivity index (χ2n) is 10.1. The third-order valence-electron chi connectivity index (χ3n) is 6.95. The van der Waals surface area contributed by atoms with Gasteiger partial charge < -0.3 is 25.5 Å². The number of benzene rings is 2. The number of carbonyl (C=O) groups is 1. The number of rotatable bonds is 11. The molecule has 9 heteroatoms. The zero-order valence-electron chi connectivity index (χ0n) is 20.8. The van der Waals surface area contributed by atoms with Crippen LogP contribution in [0.25, 0.3) is 0 Å². The average molecular weight is 505 g/mol. The first-order valence-electron chi connectivity index (χ1n) is 12.7. The van der Waals surface area contributed by atoms with Crippen molar-refractivity contribution >= 4 is 17.3 Å². The smallest absolute Gasteiger partial charge is 0.256 e. The fraction of sp³-hybridized carbons (Fsp3) is 0.519. The molecule has 0 aliphatic carbocycles. The summed E-state index contributed by atoms with van der Waals surface area (Å²) in [6, 6.07) is 6.34. The molecule has 4 rings (SSSR count). The van der Waals surface area contributed by atoms with Crippen LogP contribution < -0.4 is 10.6 Å². The second-order valence-corrected chi connectivity index (χ2v) is 10.1. The Labute approximate surface area is 210 Å². The standard InChI is InChI=1S/C27H35F3N4O2/c1-19-7-10-23(22(29)15-19)32-25-20(8-9-21(28)24(25)30)26(35)34-17-27(36,18-34)16-31-11-3-2-4-12-33-13-5-6-14-33/h7-10,15,31-32,36H,2-6,11-14,16-18H2,1H3. The number of aliphatic hydroxyl groups is 1. The van der Waals surface area contributed by atoms with Crippen molar-refractivity contribution in [2.45, 2.75) is 44.6 Å². The van der Waals surface area contributed by atoms with Crippen molar-refractivity contribution in [2.75, 3.05) is 51.1 Å². The Kier molecular flexibility index (Phi) is 8.54. The number of halogens is 3. The quantitative estimate of drug-likeness (QED) is 0.401. The van der Waals surface area contributed by atoms with E-state index in [1.54, 1.807) is 13.0 Å². The number of unbranched alkanes of at least 4 members (excludes halogenated alkanes) is 2. The Hall–Kier alpha value is -2.62. The van der Waals surface area contributed by atoms with E-state index in [9.17, 15) is 23.1 Å². The third kappa shape index (κ3) is 6.38.